The second kappa shape index (κ2) is 5.17. The second-order valence-corrected chi connectivity index (χ2v) is 4.01. The quantitative estimate of drug-likeness (QED) is 0.862. The summed E-state index contributed by atoms with van der Waals surface area (Å²) < 4.78 is 61.8. The first kappa shape index (κ1) is 14.8. The maximum absolute atomic E-state index is 12.7. The predicted octanol–water partition coefficient (Wildman–Crippen LogP) is 3.43. The number of carboxylic acids is 1. The van der Waals surface area contributed by atoms with Gasteiger partial charge >= 0.3 is 12.1 Å². The molecule has 0 unspecified atom stereocenters. The third-order valence-electron chi connectivity index (χ3n) is 1.98. The van der Waals surface area contributed by atoms with Crippen molar-refractivity contribution in [2.45, 2.75) is 19.0 Å². The minimum absolute atomic E-state index is 0.328. The number of nitrogens with zero attached hydrogens (tertiary/aromatic N) is 1. The number of pyridine rings is 1. The Morgan fingerprint density at radius 2 is 2.00 bits per heavy atom. The second-order valence-electron chi connectivity index (χ2n) is 3.22. The number of aromatic nitrogens is 1. The van der Waals surface area contributed by atoms with E-state index in [1.54, 1.807) is 0 Å². The summed E-state index contributed by atoms with van der Waals surface area (Å²) in [4.78, 5) is 13.6. The maximum atomic E-state index is 12.7. The van der Waals surface area contributed by atoms with E-state index in [0.29, 0.717) is 6.20 Å². The van der Waals surface area contributed by atoms with Gasteiger partial charge in [0.1, 0.15) is 0 Å². The molecule has 0 fully saturated rings. The van der Waals surface area contributed by atoms with Crippen LogP contribution in [0.5, 0.6) is 0 Å². The summed E-state index contributed by atoms with van der Waals surface area (Å²) in [6, 6.07) is 0. The van der Waals surface area contributed by atoms with E-state index in [0.717, 1.165) is 0 Å². The summed E-state index contributed by atoms with van der Waals surface area (Å²) in [6.45, 7) is 0. The van der Waals surface area contributed by atoms with Crippen molar-refractivity contribution in [3.05, 3.63) is 27.5 Å². The van der Waals surface area contributed by atoms with Gasteiger partial charge in [0.15, 0.2) is 0 Å². The Kier molecular flexibility index (Phi) is 4.25. The van der Waals surface area contributed by atoms with Crippen LogP contribution in [-0.4, -0.2) is 16.1 Å². The van der Waals surface area contributed by atoms with Gasteiger partial charge in [0.25, 0.3) is 6.43 Å². The molecule has 1 N–H and O–H groups in total. The molecule has 100 valence electrons. The van der Waals surface area contributed by atoms with Gasteiger partial charge < -0.3 is 5.11 Å². The van der Waals surface area contributed by atoms with Crippen molar-refractivity contribution >= 4 is 21.9 Å². The van der Waals surface area contributed by atoms with Crippen LogP contribution >= 0.6 is 15.9 Å². The summed E-state index contributed by atoms with van der Waals surface area (Å²) in [6.07, 6.45) is -8.66. The van der Waals surface area contributed by atoms with Crippen LogP contribution < -0.4 is 0 Å². The Balaban J connectivity index is 3.42. The molecular weight excluding hydrogens is 329 g/mol. The Bertz CT molecular complexity index is 475. The van der Waals surface area contributed by atoms with Crippen LogP contribution in [0.2, 0.25) is 0 Å². The first-order chi connectivity index (χ1) is 8.14. The fourth-order valence-electron chi connectivity index (χ4n) is 1.24. The van der Waals surface area contributed by atoms with Crippen LogP contribution in [0.15, 0.2) is 10.7 Å². The first-order valence-electron chi connectivity index (χ1n) is 4.39. The number of carbonyl (C=O) groups is 1. The van der Waals surface area contributed by atoms with Gasteiger partial charge in [0.05, 0.1) is 23.2 Å². The highest BCUT2D eigenvalue weighted by atomic mass is 79.9. The fraction of sp³-hybridized carbons (Fsp3) is 0.333. The lowest BCUT2D eigenvalue weighted by Gasteiger charge is -2.14. The summed E-state index contributed by atoms with van der Waals surface area (Å²) in [5, 5.41) is 8.47. The smallest absolute Gasteiger partial charge is 0.418 e. The molecule has 3 nitrogen and oxygen atoms in total. The predicted molar refractivity (Wildman–Crippen MR) is 53.2 cm³/mol. The molecule has 1 heterocycles. The monoisotopic (exact) mass is 333 g/mol. The molecule has 1 aromatic heterocycles. The highest BCUT2D eigenvalue weighted by Crippen LogP contribution is 2.40. The van der Waals surface area contributed by atoms with Crippen molar-refractivity contribution in [3.8, 4) is 0 Å². The van der Waals surface area contributed by atoms with Crippen LogP contribution in [0, 0.1) is 0 Å². The average Bonchev–Trinajstić information content (AvgIpc) is 2.13. The molecule has 0 saturated heterocycles. The van der Waals surface area contributed by atoms with Gasteiger partial charge in [0.2, 0.25) is 0 Å². The zero-order valence-electron chi connectivity index (χ0n) is 8.43. The average molecular weight is 334 g/mol. The van der Waals surface area contributed by atoms with Crippen molar-refractivity contribution in [1.29, 1.82) is 0 Å². The van der Waals surface area contributed by atoms with Gasteiger partial charge in [-0.25, -0.2) is 8.78 Å². The van der Waals surface area contributed by atoms with E-state index in [4.69, 9.17) is 5.11 Å². The van der Waals surface area contributed by atoms with Crippen molar-refractivity contribution in [1.82, 2.24) is 4.98 Å². The summed E-state index contributed by atoms with van der Waals surface area (Å²) in [7, 11) is 0. The summed E-state index contributed by atoms with van der Waals surface area (Å²) >= 11 is 2.43. The molecule has 0 aliphatic carbocycles. The molecule has 0 aliphatic heterocycles. The van der Waals surface area contributed by atoms with Gasteiger partial charge in [0, 0.05) is 10.7 Å². The van der Waals surface area contributed by atoms with Gasteiger partial charge in [-0.05, 0) is 15.9 Å². The van der Waals surface area contributed by atoms with Crippen molar-refractivity contribution in [3.63, 3.8) is 0 Å². The zero-order chi connectivity index (χ0) is 14.1. The topological polar surface area (TPSA) is 50.2 Å². The van der Waals surface area contributed by atoms with E-state index >= 15 is 0 Å². The van der Waals surface area contributed by atoms with Crippen molar-refractivity contribution in [2.75, 3.05) is 0 Å². The lowest BCUT2D eigenvalue weighted by molar-refractivity contribution is -0.138. The summed E-state index contributed by atoms with van der Waals surface area (Å²) in [5.41, 5.74) is -3.02. The molecule has 0 spiro atoms. The molecule has 1 aromatic rings. The van der Waals surface area contributed by atoms with E-state index in [9.17, 15) is 26.7 Å². The molecule has 0 radical (unpaired) electrons. The molecule has 0 amide bonds. The Hall–Kier alpha value is -1.25. The highest BCUT2D eigenvalue weighted by molar-refractivity contribution is 9.10. The lowest BCUT2D eigenvalue weighted by Crippen LogP contribution is -2.13. The van der Waals surface area contributed by atoms with Crippen molar-refractivity contribution in [2.24, 2.45) is 0 Å². The Labute approximate surface area is 106 Å². The number of hydrogen-bond acceptors (Lipinski definition) is 2. The first-order valence-corrected chi connectivity index (χ1v) is 5.18. The van der Waals surface area contributed by atoms with Gasteiger partial charge in [-0.15, -0.1) is 0 Å². The number of rotatable bonds is 3. The summed E-state index contributed by atoms with van der Waals surface area (Å²) in [5.74, 6) is -1.46. The van der Waals surface area contributed by atoms with Gasteiger partial charge in [-0.2, -0.15) is 13.2 Å². The zero-order valence-corrected chi connectivity index (χ0v) is 10.0. The van der Waals surface area contributed by atoms with Crippen molar-refractivity contribution < 1.29 is 31.9 Å². The SMILES string of the molecule is O=C(O)Cc1ncc(C(F)(F)F)c(Br)c1C(F)F. The van der Waals surface area contributed by atoms with E-state index < -0.39 is 46.3 Å². The molecular formula is C9H5BrF5NO2. The number of hydrogen-bond donors (Lipinski definition) is 1. The molecule has 0 atom stereocenters. The third kappa shape index (κ3) is 3.15. The minimum Gasteiger partial charge on any atom is -0.481 e. The maximum Gasteiger partial charge on any atom is 0.418 e. The lowest BCUT2D eigenvalue weighted by atomic mass is 10.1. The van der Waals surface area contributed by atoms with Gasteiger partial charge in [-0.1, -0.05) is 0 Å². The molecule has 0 bridgehead atoms. The van der Waals surface area contributed by atoms with Crippen LogP contribution in [0.4, 0.5) is 22.0 Å². The number of alkyl halides is 5. The molecule has 18 heavy (non-hydrogen) atoms. The third-order valence-corrected chi connectivity index (χ3v) is 2.83. The largest absolute Gasteiger partial charge is 0.481 e. The highest BCUT2D eigenvalue weighted by Gasteiger charge is 2.36. The Morgan fingerprint density at radius 1 is 1.44 bits per heavy atom. The Morgan fingerprint density at radius 3 is 2.39 bits per heavy atom. The van der Waals surface area contributed by atoms with Crippen LogP contribution in [0.1, 0.15) is 23.2 Å². The molecule has 1 rings (SSSR count). The normalized spacial score (nSPS) is 11.9. The standard InChI is InChI=1S/C9H5BrF5NO2/c10-7-3(9(13,14)15)2-16-4(1-5(17)18)6(7)8(11)12/h2,8H,1H2,(H,17,18). The number of carboxylic acid groups (broad SMARTS) is 1. The van der Waals surface area contributed by atoms with Crippen LogP contribution in [0.3, 0.4) is 0 Å². The van der Waals surface area contributed by atoms with E-state index in [1.165, 1.54) is 0 Å². The number of aliphatic carboxylic acids is 1. The van der Waals surface area contributed by atoms with E-state index in [2.05, 4.69) is 20.9 Å². The fourth-order valence-corrected chi connectivity index (χ4v) is 1.97. The van der Waals surface area contributed by atoms with E-state index in [-0.39, 0.29) is 0 Å². The minimum atomic E-state index is -4.85. The molecule has 9 heteroatoms. The molecule has 0 aliphatic rings. The molecule has 0 saturated carbocycles. The van der Waals surface area contributed by atoms with Crippen LogP contribution in [-0.2, 0) is 17.4 Å². The molecule has 0 aromatic carbocycles. The van der Waals surface area contributed by atoms with E-state index in [1.807, 2.05) is 0 Å². The van der Waals surface area contributed by atoms with Gasteiger partial charge in [-0.3, -0.25) is 9.78 Å². The van der Waals surface area contributed by atoms with Crippen LogP contribution in [0.25, 0.3) is 0 Å². The number of halogens is 6.